The Labute approximate surface area is 103 Å². The molecule has 0 saturated heterocycles. The molecule has 0 unspecified atom stereocenters. The van der Waals surface area contributed by atoms with E-state index in [0.717, 1.165) is 13.0 Å². The van der Waals surface area contributed by atoms with E-state index in [1.807, 2.05) is 20.8 Å². The van der Waals surface area contributed by atoms with Crippen LogP contribution >= 0.6 is 0 Å². The standard InChI is InChI=1S/C12H24N2O3/c1-12(2,3)14-10(15)7-9-13-8-5-4-6-11(16)17/h13H,4-9H2,1-3H3,(H,14,15)(H,16,17). The van der Waals surface area contributed by atoms with E-state index >= 15 is 0 Å². The molecule has 0 saturated carbocycles. The van der Waals surface area contributed by atoms with Crippen LogP contribution in [-0.2, 0) is 9.59 Å². The molecule has 0 rings (SSSR count). The molecule has 0 aromatic rings. The van der Waals surface area contributed by atoms with Crippen LogP contribution in [0.25, 0.3) is 0 Å². The van der Waals surface area contributed by atoms with Gasteiger partial charge in [0, 0.05) is 24.9 Å². The van der Waals surface area contributed by atoms with E-state index in [-0.39, 0.29) is 17.9 Å². The highest BCUT2D eigenvalue weighted by Gasteiger charge is 2.12. The van der Waals surface area contributed by atoms with Gasteiger partial charge in [0.2, 0.25) is 5.91 Å². The van der Waals surface area contributed by atoms with Gasteiger partial charge in [0.1, 0.15) is 0 Å². The first-order valence-corrected chi connectivity index (χ1v) is 6.05. The SMILES string of the molecule is CC(C)(C)NC(=O)CCNCCCCC(=O)O. The summed E-state index contributed by atoms with van der Waals surface area (Å²) in [6.07, 6.45) is 2.17. The topological polar surface area (TPSA) is 78.4 Å². The summed E-state index contributed by atoms with van der Waals surface area (Å²) >= 11 is 0. The number of carboxylic acids is 1. The van der Waals surface area contributed by atoms with Crippen LogP contribution in [0.1, 0.15) is 46.5 Å². The zero-order valence-electron chi connectivity index (χ0n) is 11.0. The lowest BCUT2D eigenvalue weighted by Crippen LogP contribution is -2.41. The van der Waals surface area contributed by atoms with Crippen molar-refractivity contribution in [1.29, 1.82) is 0 Å². The Balaban J connectivity index is 3.34. The number of carboxylic acid groups (broad SMARTS) is 1. The first-order valence-electron chi connectivity index (χ1n) is 6.05. The molecule has 0 fully saturated rings. The molecule has 5 nitrogen and oxygen atoms in total. The van der Waals surface area contributed by atoms with E-state index < -0.39 is 5.97 Å². The minimum Gasteiger partial charge on any atom is -0.481 e. The molecular weight excluding hydrogens is 220 g/mol. The zero-order valence-corrected chi connectivity index (χ0v) is 11.0. The summed E-state index contributed by atoms with van der Waals surface area (Å²) in [5, 5.41) is 14.4. The lowest BCUT2D eigenvalue weighted by Gasteiger charge is -2.20. The van der Waals surface area contributed by atoms with E-state index in [2.05, 4.69) is 10.6 Å². The van der Waals surface area contributed by atoms with E-state index in [1.54, 1.807) is 0 Å². The molecule has 17 heavy (non-hydrogen) atoms. The Kier molecular flexibility index (Phi) is 7.54. The Morgan fingerprint density at radius 2 is 1.71 bits per heavy atom. The molecule has 0 aliphatic rings. The average molecular weight is 244 g/mol. The number of amides is 1. The molecule has 0 aromatic carbocycles. The number of carbonyl (C=O) groups is 2. The van der Waals surface area contributed by atoms with Crippen LogP contribution in [0, 0.1) is 0 Å². The van der Waals surface area contributed by atoms with Crippen LogP contribution in [0.2, 0.25) is 0 Å². The fourth-order valence-corrected chi connectivity index (χ4v) is 1.33. The number of hydrogen-bond donors (Lipinski definition) is 3. The van der Waals surface area contributed by atoms with Crippen molar-refractivity contribution >= 4 is 11.9 Å². The van der Waals surface area contributed by atoms with Crippen molar-refractivity contribution in [1.82, 2.24) is 10.6 Å². The average Bonchev–Trinajstić information content (AvgIpc) is 2.12. The first-order chi connectivity index (χ1) is 7.81. The molecular formula is C12H24N2O3. The number of nitrogens with one attached hydrogen (secondary N) is 2. The highest BCUT2D eigenvalue weighted by molar-refractivity contribution is 5.76. The summed E-state index contributed by atoms with van der Waals surface area (Å²) < 4.78 is 0. The van der Waals surface area contributed by atoms with E-state index in [9.17, 15) is 9.59 Å². The van der Waals surface area contributed by atoms with Crippen LogP contribution < -0.4 is 10.6 Å². The molecule has 0 aromatic heterocycles. The van der Waals surface area contributed by atoms with Crippen LogP contribution in [0.3, 0.4) is 0 Å². The molecule has 0 aliphatic carbocycles. The molecule has 0 spiro atoms. The van der Waals surface area contributed by atoms with Crippen molar-refractivity contribution in [3.8, 4) is 0 Å². The molecule has 0 bridgehead atoms. The molecule has 100 valence electrons. The van der Waals surface area contributed by atoms with Crippen LogP contribution in [0.15, 0.2) is 0 Å². The number of carbonyl (C=O) groups excluding carboxylic acids is 1. The normalized spacial score (nSPS) is 11.2. The van der Waals surface area contributed by atoms with Crippen LogP contribution in [0.4, 0.5) is 0 Å². The summed E-state index contributed by atoms with van der Waals surface area (Å²) in [5.74, 6) is -0.718. The molecule has 3 N–H and O–H groups in total. The Hall–Kier alpha value is -1.10. The van der Waals surface area contributed by atoms with E-state index in [4.69, 9.17) is 5.11 Å². The third-order valence-corrected chi connectivity index (χ3v) is 2.04. The van der Waals surface area contributed by atoms with Gasteiger partial charge in [-0.05, 0) is 40.2 Å². The van der Waals surface area contributed by atoms with Crippen LogP contribution in [0.5, 0.6) is 0 Å². The lowest BCUT2D eigenvalue weighted by atomic mass is 10.1. The monoisotopic (exact) mass is 244 g/mol. The predicted octanol–water partition coefficient (Wildman–Crippen LogP) is 1.14. The predicted molar refractivity (Wildman–Crippen MR) is 66.9 cm³/mol. The van der Waals surface area contributed by atoms with Gasteiger partial charge in [-0.25, -0.2) is 0 Å². The maximum Gasteiger partial charge on any atom is 0.303 e. The maximum absolute atomic E-state index is 11.4. The molecule has 0 heterocycles. The van der Waals surface area contributed by atoms with Crippen molar-refractivity contribution < 1.29 is 14.7 Å². The largest absolute Gasteiger partial charge is 0.481 e. The summed E-state index contributed by atoms with van der Waals surface area (Å²) in [6, 6.07) is 0. The minimum atomic E-state index is -0.755. The third kappa shape index (κ3) is 12.8. The number of hydrogen-bond acceptors (Lipinski definition) is 3. The second-order valence-corrected chi connectivity index (χ2v) is 5.15. The quantitative estimate of drug-likeness (QED) is 0.559. The van der Waals surface area contributed by atoms with Gasteiger partial charge in [-0.15, -0.1) is 0 Å². The molecule has 1 amide bonds. The third-order valence-electron chi connectivity index (χ3n) is 2.04. The molecule has 0 atom stereocenters. The Morgan fingerprint density at radius 1 is 1.06 bits per heavy atom. The van der Waals surface area contributed by atoms with Gasteiger partial charge < -0.3 is 15.7 Å². The summed E-state index contributed by atoms with van der Waals surface area (Å²) in [4.78, 5) is 21.6. The number of rotatable bonds is 8. The highest BCUT2D eigenvalue weighted by Crippen LogP contribution is 1.98. The summed E-state index contributed by atoms with van der Waals surface area (Å²) in [7, 11) is 0. The van der Waals surface area contributed by atoms with Crippen LogP contribution in [-0.4, -0.2) is 35.6 Å². The minimum absolute atomic E-state index is 0.0375. The van der Waals surface area contributed by atoms with Crippen molar-refractivity contribution in [3.63, 3.8) is 0 Å². The fraction of sp³-hybridized carbons (Fsp3) is 0.833. The molecule has 0 radical (unpaired) electrons. The fourth-order valence-electron chi connectivity index (χ4n) is 1.33. The van der Waals surface area contributed by atoms with Crippen molar-refractivity contribution in [2.24, 2.45) is 0 Å². The van der Waals surface area contributed by atoms with E-state index in [0.29, 0.717) is 19.4 Å². The van der Waals surface area contributed by atoms with Gasteiger partial charge in [0.05, 0.1) is 0 Å². The first kappa shape index (κ1) is 15.9. The summed E-state index contributed by atoms with van der Waals surface area (Å²) in [5.41, 5.74) is -0.182. The number of aliphatic carboxylic acids is 1. The second kappa shape index (κ2) is 8.06. The van der Waals surface area contributed by atoms with Crippen molar-refractivity contribution in [2.45, 2.75) is 52.0 Å². The van der Waals surface area contributed by atoms with Gasteiger partial charge >= 0.3 is 5.97 Å². The zero-order chi connectivity index (χ0) is 13.3. The highest BCUT2D eigenvalue weighted by atomic mass is 16.4. The molecule has 0 aliphatic heterocycles. The van der Waals surface area contributed by atoms with Gasteiger partial charge in [0.15, 0.2) is 0 Å². The van der Waals surface area contributed by atoms with Crippen molar-refractivity contribution in [2.75, 3.05) is 13.1 Å². The second-order valence-electron chi connectivity index (χ2n) is 5.15. The Morgan fingerprint density at radius 3 is 2.24 bits per heavy atom. The van der Waals surface area contributed by atoms with E-state index in [1.165, 1.54) is 0 Å². The van der Waals surface area contributed by atoms with Gasteiger partial charge in [-0.2, -0.15) is 0 Å². The lowest BCUT2D eigenvalue weighted by molar-refractivity contribution is -0.137. The van der Waals surface area contributed by atoms with Gasteiger partial charge in [-0.1, -0.05) is 0 Å². The Bertz CT molecular complexity index is 247. The molecule has 5 heteroatoms. The van der Waals surface area contributed by atoms with Crippen molar-refractivity contribution in [3.05, 3.63) is 0 Å². The number of unbranched alkanes of at least 4 members (excludes halogenated alkanes) is 1. The maximum atomic E-state index is 11.4. The smallest absolute Gasteiger partial charge is 0.303 e. The van der Waals surface area contributed by atoms with Gasteiger partial charge in [-0.3, -0.25) is 9.59 Å². The summed E-state index contributed by atoms with van der Waals surface area (Å²) in [6.45, 7) is 7.24. The van der Waals surface area contributed by atoms with Gasteiger partial charge in [0.25, 0.3) is 0 Å².